The number of amides is 1. The Bertz CT molecular complexity index is 419. The molecular formula is C15H22N2OS. The fourth-order valence-corrected chi connectivity index (χ4v) is 3.38. The second-order valence-corrected chi connectivity index (χ2v) is 6.23. The molecule has 4 heteroatoms. The third kappa shape index (κ3) is 3.98. The first-order chi connectivity index (χ1) is 9.22. The van der Waals surface area contributed by atoms with Gasteiger partial charge in [0.05, 0.1) is 0 Å². The largest absolute Gasteiger partial charge is 0.349 e. The third-order valence-electron chi connectivity index (χ3n) is 3.75. The van der Waals surface area contributed by atoms with E-state index in [1.807, 2.05) is 36.0 Å². The van der Waals surface area contributed by atoms with Gasteiger partial charge >= 0.3 is 0 Å². The normalized spacial score (nSPS) is 23.1. The number of hydrogen-bond donors (Lipinski definition) is 2. The van der Waals surface area contributed by atoms with Gasteiger partial charge in [0, 0.05) is 23.4 Å². The summed E-state index contributed by atoms with van der Waals surface area (Å²) in [6, 6.07) is 7.87. The molecule has 0 heterocycles. The molecule has 0 spiro atoms. The summed E-state index contributed by atoms with van der Waals surface area (Å²) in [5.41, 5.74) is 7.33. The average molecular weight is 278 g/mol. The second kappa shape index (κ2) is 6.96. The van der Waals surface area contributed by atoms with E-state index >= 15 is 0 Å². The molecule has 0 aliphatic heterocycles. The summed E-state index contributed by atoms with van der Waals surface area (Å²) >= 11 is 1.91. The number of thioether (sulfide) groups is 1. The van der Waals surface area contributed by atoms with Crippen LogP contribution in [0.3, 0.4) is 0 Å². The molecule has 2 atom stereocenters. The number of rotatable bonds is 4. The number of nitrogens with two attached hydrogens (primary N) is 1. The summed E-state index contributed by atoms with van der Waals surface area (Å²) < 4.78 is 0. The molecule has 1 aliphatic rings. The van der Waals surface area contributed by atoms with Crippen LogP contribution in [-0.2, 0) is 6.54 Å². The van der Waals surface area contributed by atoms with Crippen LogP contribution in [-0.4, -0.2) is 23.5 Å². The van der Waals surface area contributed by atoms with Crippen molar-refractivity contribution >= 4 is 17.7 Å². The molecule has 1 aromatic rings. The molecule has 1 amide bonds. The van der Waals surface area contributed by atoms with E-state index in [2.05, 4.69) is 11.6 Å². The van der Waals surface area contributed by atoms with Gasteiger partial charge < -0.3 is 11.1 Å². The minimum absolute atomic E-state index is 0.0373. The highest BCUT2D eigenvalue weighted by molar-refractivity contribution is 7.99. The highest BCUT2D eigenvalue weighted by Gasteiger charge is 2.22. The molecule has 0 bridgehead atoms. The van der Waals surface area contributed by atoms with Crippen molar-refractivity contribution in [1.29, 1.82) is 0 Å². The lowest BCUT2D eigenvalue weighted by atomic mass is 9.94. The molecule has 2 unspecified atom stereocenters. The van der Waals surface area contributed by atoms with Crippen LogP contribution < -0.4 is 11.1 Å². The van der Waals surface area contributed by atoms with Gasteiger partial charge in [-0.25, -0.2) is 0 Å². The lowest BCUT2D eigenvalue weighted by Crippen LogP contribution is -2.39. The van der Waals surface area contributed by atoms with Crippen LogP contribution in [0.15, 0.2) is 24.3 Å². The van der Waals surface area contributed by atoms with E-state index in [-0.39, 0.29) is 5.91 Å². The summed E-state index contributed by atoms with van der Waals surface area (Å²) in [5.74, 6) is 0.0373. The van der Waals surface area contributed by atoms with Gasteiger partial charge in [0.15, 0.2) is 0 Å². The number of carbonyl (C=O) groups is 1. The summed E-state index contributed by atoms with van der Waals surface area (Å²) in [7, 11) is 0. The predicted molar refractivity (Wildman–Crippen MR) is 81.4 cm³/mol. The average Bonchev–Trinajstić information content (AvgIpc) is 2.47. The Morgan fingerprint density at radius 2 is 2.11 bits per heavy atom. The summed E-state index contributed by atoms with van der Waals surface area (Å²) in [4.78, 5) is 12.2. The van der Waals surface area contributed by atoms with Crippen molar-refractivity contribution in [2.24, 2.45) is 5.73 Å². The van der Waals surface area contributed by atoms with E-state index in [4.69, 9.17) is 5.73 Å². The van der Waals surface area contributed by atoms with Crippen molar-refractivity contribution in [1.82, 2.24) is 5.32 Å². The van der Waals surface area contributed by atoms with E-state index in [1.54, 1.807) is 0 Å². The Labute approximate surface area is 119 Å². The van der Waals surface area contributed by atoms with Crippen molar-refractivity contribution < 1.29 is 4.79 Å². The SMILES string of the molecule is CSC1CCCC(NC(=O)c2ccc(CN)cc2)C1. The zero-order chi connectivity index (χ0) is 13.7. The highest BCUT2D eigenvalue weighted by Crippen LogP contribution is 2.27. The molecule has 0 aromatic heterocycles. The maximum Gasteiger partial charge on any atom is 0.251 e. The van der Waals surface area contributed by atoms with Crippen molar-refractivity contribution in [2.45, 2.75) is 43.5 Å². The van der Waals surface area contributed by atoms with Crippen LogP contribution >= 0.6 is 11.8 Å². The van der Waals surface area contributed by atoms with Crippen molar-refractivity contribution in [2.75, 3.05) is 6.26 Å². The molecule has 104 valence electrons. The molecule has 0 radical (unpaired) electrons. The third-order valence-corrected chi connectivity index (χ3v) is 4.84. The molecule has 1 saturated carbocycles. The summed E-state index contributed by atoms with van der Waals surface area (Å²) in [5, 5.41) is 3.85. The number of benzene rings is 1. The van der Waals surface area contributed by atoms with Crippen LogP contribution in [0.25, 0.3) is 0 Å². The van der Waals surface area contributed by atoms with Gasteiger partial charge in [-0.1, -0.05) is 18.6 Å². The first-order valence-electron chi connectivity index (χ1n) is 6.85. The Morgan fingerprint density at radius 3 is 2.74 bits per heavy atom. The zero-order valence-electron chi connectivity index (χ0n) is 11.4. The van der Waals surface area contributed by atoms with E-state index in [0.29, 0.717) is 17.8 Å². The molecule has 3 N–H and O–H groups in total. The molecule has 2 rings (SSSR count). The van der Waals surface area contributed by atoms with Gasteiger partial charge in [-0.05, 0) is 43.2 Å². The first kappa shape index (κ1) is 14.4. The van der Waals surface area contributed by atoms with Crippen molar-refractivity contribution in [3.8, 4) is 0 Å². The van der Waals surface area contributed by atoms with Crippen LogP contribution in [0, 0.1) is 0 Å². The molecule has 0 saturated heterocycles. The minimum Gasteiger partial charge on any atom is -0.349 e. The quantitative estimate of drug-likeness (QED) is 0.890. The molecule has 1 fully saturated rings. The number of nitrogens with one attached hydrogen (secondary N) is 1. The Balaban J connectivity index is 1.92. The highest BCUT2D eigenvalue weighted by atomic mass is 32.2. The van der Waals surface area contributed by atoms with Crippen LogP contribution in [0.4, 0.5) is 0 Å². The maximum absolute atomic E-state index is 12.2. The van der Waals surface area contributed by atoms with Gasteiger partial charge in [-0.2, -0.15) is 11.8 Å². The van der Waals surface area contributed by atoms with E-state index in [1.165, 1.54) is 12.8 Å². The molecule has 19 heavy (non-hydrogen) atoms. The smallest absolute Gasteiger partial charge is 0.251 e. The molecule has 1 aliphatic carbocycles. The minimum atomic E-state index is 0.0373. The van der Waals surface area contributed by atoms with Crippen molar-refractivity contribution in [3.63, 3.8) is 0 Å². The lowest BCUT2D eigenvalue weighted by molar-refractivity contribution is 0.0928. The summed E-state index contributed by atoms with van der Waals surface area (Å²) in [6.45, 7) is 0.514. The molecule has 3 nitrogen and oxygen atoms in total. The fraction of sp³-hybridized carbons (Fsp3) is 0.533. The monoisotopic (exact) mass is 278 g/mol. The van der Waals surface area contributed by atoms with Gasteiger partial charge in [0.2, 0.25) is 0 Å². The van der Waals surface area contributed by atoms with Crippen molar-refractivity contribution in [3.05, 3.63) is 35.4 Å². The van der Waals surface area contributed by atoms with E-state index < -0.39 is 0 Å². The fourth-order valence-electron chi connectivity index (χ4n) is 2.55. The topological polar surface area (TPSA) is 55.1 Å². The predicted octanol–water partition coefficient (Wildman–Crippen LogP) is 2.55. The van der Waals surface area contributed by atoms with Gasteiger partial charge in [0.1, 0.15) is 0 Å². The van der Waals surface area contributed by atoms with Gasteiger partial charge in [0.25, 0.3) is 5.91 Å². The number of carbonyl (C=O) groups excluding carboxylic acids is 1. The maximum atomic E-state index is 12.2. The van der Waals surface area contributed by atoms with Crippen LogP contribution in [0.2, 0.25) is 0 Å². The lowest BCUT2D eigenvalue weighted by Gasteiger charge is -2.28. The Hall–Kier alpha value is -1.00. The summed E-state index contributed by atoms with van der Waals surface area (Å²) in [6.07, 6.45) is 6.83. The standard InChI is InChI=1S/C15H22N2OS/c1-19-14-4-2-3-13(9-14)17-15(18)12-7-5-11(10-16)6-8-12/h5-8,13-14H,2-4,9-10,16H2,1H3,(H,17,18). The van der Waals surface area contributed by atoms with Crippen LogP contribution in [0.1, 0.15) is 41.6 Å². The van der Waals surface area contributed by atoms with E-state index in [0.717, 1.165) is 24.0 Å². The number of hydrogen-bond acceptors (Lipinski definition) is 3. The van der Waals surface area contributed by atoms with Gasteiger partial charge in [-0.3, -0.25) is 4.79 Å². The molecule has 1 aromatic carbocycles. The first-order valence-corrected chi connectivity index (χ1v) is 8.14. The Kier molecular flexibility index (Phi) is 5.28. The van der Waals surface area contributed by atoms with Gasteiger partial charge in [-0.15, -0.1) is 0 Å². The Morgan fingerprint density at radius 1 is 1.37 bits per heavy atom. The molecular weight excluding hydrogens is 256 g/mol. The second-order valence-electron chi connectivity index (χ2n) is 5.10. The zero-order valence-corrected chi connectivity index (χ0v) is 12.2. The van der Waals surface area contributed by atoms with Crippen LogP contribution in [0.5, 0.6) is 0 Å². The van der Waals surface area contributed by atoms with E-state index in [9.17, 15) is 4.79 Å².